The quantitative estimate of drug-likeness (QED) is 0.900. The molecule has 1 aromatic rings. The number of aromatic nitrogens is 1. The van der Waals surface area contributed by atoms with E-state index < -0.39 is 5.60 Å². The molecule has 25 heavy (non-hydrogen) atoms. The van der Waals surface area contributed by atoms with Gasteiger partial charge >= 0.3 is 0 Å². The van der Waals surface area contributed by atoms with E-state index in [1.807, 2.05) is 12.1 Å². The number of aliphatic hydroxyl groups is 1. The Morgan fingerprint density at radius 1 is 1.36 bits per heavy atom. The van der Waals surface area contributed by atoms with Crippen LogP contribution in [-0.4, -0.2) is 71.7 Å². The van der Waals surface area contributed by atoms with Crippen molar-refractivity contribution in [1.82, 2.24) is 14.8 Å². The Morgan fingerprint density at radius 3 is 2.76 bits per heavy atom. The van der Waals surface area contributed by atoms with E-state index in [-0.39, 0.29) is 12.0 Å². The zero-order valence-electron chi connectivity index (χ0n) is 15.3. The van der Waals surface area contributed by atoms with Gasteiger partial charge in [0.05, 0.1) is 23.5 Å². The fourth-order valence-electron chi connectivity index (χ4n) is 3.79. The molecule has 3 rings (SSSR count). The Balaban J connectivity index is 1.62. The van der Waals surface area contributed by atoms with E-state index in [0.29, 0.717) is 18.7 Å². The fraction of sp³-hybridized carbons (Fsp3) is 0.684. The first-order chi connectivity index (χ1) is 12.0. The van der Waals surface area contributed by atoms with Crippen LogP contribution in [0.3, 0.4) is 0 Å². The molecule has 6 heteroatoms. The van der Waals surface area contributed by atoms with Gasteiger partial charge in [0.25, 0.3) is 5.91 Å². The van der Waals surface area contributed by atoms with Crippen LogP contribution in [0.5, 0.6) is 0 Å². The fourth-order valence-corrected chi connectivity index (χ4v) is 3.79. The molecule has 1 atom stereocenters. The lowest BCUT2D eigenvalue weighted by atomic mass is 9.84. The van der Waals surface area contributed by atoms with E-state index in [9.17, 15) is 9.90 Å². The summed E-state index contributed by atoms with van der Waals surface area (Å²) in [6, 6.07) is 3.68. The first kappa shape index (κ1) is 18.3. The van der Waals surface area contributed by atoms with Crippen LogP contribution in [0.25, 0.3) is 0 Å². The molecule has 2 heterocycles. The highest BCUT2D eigenvalue weighted by Gasteiger charge is 2.33. The van der Waals surface area contributed by atoms with E-state index in [2.05, 4.69) is 9.88 Å². The molecule has 0 unspecified atom stereocenters. The topological polar surface area (TPSA) is 65.9 Å². The second-order valence-electron chi connectivity index (χ2n) is 7.55. The zero-order valence-corrected chi connectivity index (χ0v) is 15.3. The Hall–Kier alpha value is -1.50. The van der Waals surface area contributed by atoms with Crippen molar-refractivity contribution in [1.29, 1.82) is 0 Å². The molecular weight excluding hydrogens is 318 g/mol. The van der Waals surface area contributed by atoms with Crippen molar-refractivity contribution in [2.24, 2.45) is 0 Å². The van der Waals surface area contributed by atoms with Gasteiger partial charge in [-0.3, -0.25) is 14.7 Å². The molecule has 1 aliphatic heterocycles. The van der Waals surface area contributed by atoms with Crippen LogP contribution in [0, 0.1) is 0 Å². The molecule has 2 aliphatic rings. The number of β-amino-alcohol motifs (C(OH)–C–C–N with tert-alkyl or cyclic N) is 1. The Bertz CT molecular complexity index is 582. The summed E-state index contributed by atoms with van der Waals surface area (Å²) < 4.78 is 5.88. The third-order valence-electron chi connectivity index (χ3n) is 5.22. The molecular formula is C19H29N3O3. The molecule has 1 amide bonds. The number of hydrogen-bond donors (Lipinski definition) is 1. The minimum atomic E-state index is -0.546. The highest BCUT2D eigenvalue weighted by Crippen LogP contribution is 2.30. The largest absolute Gasteiger partial charge is 0.389 e. The van der Waals surface area contributed by atoms with E-state index in [1.165, 1.54) is 6.42 Å². The predicted octanol–water partition coefficient (Wildman–Crippen LogP) is 1.85. The number of nitrogens with zero attached hydrogens (tertiary/aromatic N) is 3. The minimum absolute atomic E-state index is 0.0511. The highest BCUT2D eigenvalue weighted by molar-refractivity contribution is 5.93. The van der Waals surface area contributed by atoms with Crippen LogP contribution < -0.4 is 0 Å². The summed E-state index contributed by atoms with van der Waals surface area (Å²) in [5, 5.41) is 10.8. The van der Waals surface area contributed by atoms with Gasteiger partial charge in [0.2, 0.25) is 0 Å². The number of pyridine rings is 1. The molecule has 2 fully saturated rings. The lowest BCUT2D eigenvalue weighted by Crippen LogP contribution is -2.49. The summed E-state index contributed by atoms with van der Waals surface area (Å²) in [4.78, 5) is 20.2. The van der Waals surface area contributed by atoms with E-state index >= 15 is 0 Å². The van der Waals surface area contributed by atoms with E-state index in [1.54, 1.807) is 25.2 Å². The number of amides is 1. The van der Waals surface area contributed by atoms with Gasteiger partial charge in [-0.2, -0.15) is 0 Å². The van der Waals surface area contributed by atoms with Crippen LogP contribution in [0.1, 0.15) is 54.3 Å². The number of ether oxygens (including phenoxy) is 1. The van der Waals surface area contributed by atoms with Crippen LogP contribution in [0.4, 0.5) is 0 Å². The summed E-state index contributed by atoms with van der Waals surface area (Å²) in [6.45, 7) is 2.93. The van der Waals surface area contributed by atoms with Crippen molar-refractivity contribution in [3.63, 3.8) is 0 Å². The molecule has 6 nitrogen and oxygen atoms in total. The Kier molecular flexibility index (Phi) is 5.71. The monoisotopic (exact) mass is 347 g/mol. The van der Waals surface area contributed by atoms with Crippen molar-refractivity contribution in [2.75, 3.05) is 40.3 Å². The predicted molar refractivity (Wildman–Crippen MR) is 95.4 cm³/mol. The van der Waals surface area contributed by atoms with Crippen molar-refractivity contribution in [3.8, 4) is 0 Å². The molecule has 0 radical (unpaired) electrons. The van der Waals surface area contributed by atoms with Gasteiger partial charge in [-0.25, -0.2) is 0 Å². The summed E-state index contributed by atoms with van der Waals surface area (Å²) in [5.74, 6) is -0.0511. The van der Waals surface area contributed by atoms with Gasteiger partial charge in [0.1, 0.15) is 6.10 Å². The molecule has 1 aliphatic carbocycles. The molecule has 1 saturated carbocycles. The minimum Gasteiger partial charge on any atom is -0.389 e. The number of carbonyl (C=O) groups excluding carboxylic acids is 1. The average Bonchev–Trinajstić information content (AvgIpc) is 2.61. The molecule has 0 spiro atoms. The number of morpholine rings is 1. The van der Waals surface area contributed by atoms with Crippen molar-refractivity contribution in [2.45, 2.75) is 43.8 Å². The maximum atomic E-state index is 12.0. The second kappa shape index (κ2) is 7.81. The maximum Gasteiger partial charge on any atom is 0.254 e. The zero-order chi connectivity index (χ0) is 17.9. The van der Waals surface area contributed by atoms with Crippen LogP contribution in [-0.2, 0) is 4.74 Å². The summed E-state index contributed by atoms with van der Waals surface area (Å²) >= 11 is 0. The maximum absolute atomic E-state index is 12.0. The summed E-state index contributed by atoms with van der Waals surface area (Å²) in [6.07, 6.45) is 6.78. The molecule has 1 saturated heterocycles. The van der Waals surface area contributed by atoms with Crippen LogP contribution in [0.15, 0.2) is 18.3 Å². The van der Waals surface area contributed by atoms with Gasteiger partial charge in [-0.15, -0.1) is 0 Å². The molecule has 1 aromatic heterocycles. The number of rotatable bonds is 4. The second-order valence-corrected chi connectivity index (χ2v) is 7.55. The Morgan fingerprint density at radius 2 is 2.12 bits per heavy atom. The molecule has 1 N–H and O–H groups in total. The number of carbonyl (C=O) groups is 1. The van der Waals surface area contributed by atoms with Gasteiger partial charge in [-0.1, -0.05) is 19.3 Å². The van der Waals surface area contributed by atoms with Gasteiger partial charge in [-0.05, 0) is 25.0 Å². The van der Waals surface area contributed by atoms with Gasteiger partial charge in [0, 0.05) is 39.9 Å². The number of hydrogen-bond acceptors (Lipinski definition) is 5. The normalized spacial score (nSPS) is 24.0. The first-order valence-corrected chi connectivity index (χ1v) is 9.21. The summed E-state index contributed by atoms with van der Waals surface area (Å²) in [5.41, 5.74) is 0.879. The highest BCUT2D eigenvalue weighted by atomic mass is 16.5. The molecule has 0 bridgehead atoms. The van der Waals surface area contributed by atoms with Crippen LogP contribution >= 0.6 is 0 Å². The standard InChI is InChI=1S/C19H29N3O3/c1-21(2)18(23)15-6-7-16(20-12-15)17-13-22(10-11-25-17)14-19(24)8-4-3-5-9-19/h6-7,12,17,24H,3-5,8-11,13-14H2,1-2H3/t17-/m0/s1. The molecule has 0 aromatic carbocycles. The van der Waals surface area contributed by atoms with Crippen molar-refractivity contribution < 1.29 is 14.6 Å². The SMILES string of the molecule is CN(C)C(=O)c1ccc([C@@H]2CN(CC3(O)CCCCC3)CCO2)nc1. The van der Waals surface area contributed by atoms with Crippen LogP contribution in [0.2, 0.25) is 0 Å². The van der Waals surface area contributed by atoms with E-state index in [4.69, 9.17) is 4.74 Å². The smallest absolute Gasteiger partial charge is 0.254 e. The van der Waals surface area contributed by atoms with Gasteiger partial charge < -0.3 is 14.7 Å². The lowest BCUT2D eigenvalue weighted by molar-refractivity contribution is -0.0776. The average molecular weight is 347 g/mol. The molecule has 138 valence electrons. The third-order valence-corrected chi connectivity index (χ3v) is 5.22. The third kappa shape index (κ3) is 4.57. The lowest BCUT2D eigenvalue weighted by Gasteiger charge is -2.40. The summed E-state index contributed by atoms with van der Waals surface area (Å²) in [7, 11) is 3.46. The van der Waals surface area contributed by atoms with Crippen molar-refractivity contribution >= 4 is 5.91 Å². The van der Waals surface area contributed by atoms with E-state index in [0.717, 1.165) is 44.5 Å². The van der Waals surface area contributed by atoms with Gasteiger partial charge in [0.15, 0.2) is 0 Å². The Labute approximate surface area is 149 Å². The first-order valence-electron chi connectivity index (χ1n) is 9.21. The van der Waals surface area contributed by atoms with Crippen molar-refractivity contribution in [3.05, 3.63) is 29.6 Å².